The van der Waals surface area contributed by atoms with Gasteiger partial charge in [0, 0.05) is 47.4 Å². The van der Waals surface area contributed by atoms with Crippen LogP contribution in [0.2, 0.25) is 10.0 Å². The van der Waals surface area contributed by atoms with Gasteiger partial charge < -0.3 is 9.64 Å². The molecule has 1 amide bonds. The molecule has 0 bridgehead atoms. The maximum atomic E-state index is 14.1. The summed E-state index contributed by atoms with van der Waals surface area (Å²) in [7, 11) is 1.59. The summed E-state index contributed by atoms with van der Waals surface area (Å²) in [6.45, 7) is 0.412. The van der Waals surface area contributed by atoms with Gasteiger partial charge in [-0.3, -0.25) is 9.78 Å². The highest BCUT2D eigenvalue weighted by Gasteiger charge is 2.58. The van der Waals surface area contributed by atoms with Gasteiger partial charge in [-0.05, 0) is 53.6 Å². The van der Waals surface area contributed by atoms with Crippen molar-refractivity contribution in [2.75, 3.05) is 13.7 Å². The fourth-order valence-corrected chi connectivity index (χ4v) is 6.24. The van der Waals surface area contributed by atoms with Crippen molar-refractivity contribution in [1.82, 2.24) is 24.9 Å². The largest absolute Gasteiger partial charge is 0.498 e. The first kappa shape index (κ1) is 25.1. The number of aromatic nitrogens is 4. The molecule has 1 fully saturated rings. The van der Waals surface area contributed by atoms with Crippen LogP contribution in [0.1, 0.15) is 29.2 Å². The zero-order valence-corrected chi connectivity index (χ0v) is 22.4. The maximum absolute atomic E-state index is 14.1. The molecule has 39 heavy (non-hydrogen) atoms. The van der Waals surface area contributed by atoms with Gasteiger partial charge in [0.2, 0.25) is 0 Å². The highest BCUT2D eigenvalue weighted by atomic mass is 35.5. The minimum Gasteiger partial charge on any atom is -0.498 e. The molecule has 2 aromatic heterocycles. The number of carbonyl (C=O) groups excluding carboxylic acids is 1. The molecule has 6 rings (SSSR count). The summed E-state index contributed by atoms with van der Waals surface area (Å²) in [6, 6.07) is 18.3. The summed E-state index contributed by atoms with van der Waals surface area (Å²) in [5, 5.41) is 18.9. The number of pyridine rings is 1. The Balaban J connectivity index is 1.44. The van der Waals surface area contributed by atoms with Crippen molar-refractivity contribution < 1.29 is 9.53 Å². The lowest BCUT2D eigenvalue weighted by molar-refractivity contribution is -0.126. The quantitative estimate of drug-likeness (QED) is 0.317. The van der Waals surface area contributed by atoms with Gasteiger partial charge in [0.1, 0.15) is 17.0 Å². The van der Waals surface area contributed by atoms with Gasteiger partial charge in [-0.2, -0.15) is 5.26 Å². The Morgan fingerprint density at radius 1 is 1.13 bits per heavy atom. The molecule has 0 saturated carbocycles. The molecule has 10 heteroatoms. The van der Waals surface area contributed by atoms with Crippen molar-refractivity contribution in [2.45, 2.75) is 24.4 Å². The summed E-state index contributed by atoms with van der Waals surface area (Å²) in [6.07, 6.45) is 6.38. The maximum Gasteiger partial charge on any atom is 0.258 e. The van der Waals surface area contributed by atoms with Gasteiger partial charge >= 0.3 is 0 Å². The summed E-state index contributed by atoms with van der Waals surface area (Å²) < 4.78 is 7.86. The van der Waals surface area contributed by atoms with E-state index in [-0.39, 0.29) is 11.9 Å². The minimum absolute atomic E-state index is 0.139. The van der Waals surface area contributed by atoms with Crippen molar-refractivity contribution in [2.24, 2.45) is 0 Å². The van der Waals surface area contributed by atoms with E-state index in [4.69, 9.17) is 27.9 Å². The van der Waals surface area contributed by atoms with E-state index in [1.165, 1.54) is 0 Å². The van der Waals surface area contributed by atoms with E-state index >= 15 is 0 Å². The topological polar surface area (TPSA) is 96.9 Å². The second kappa shape index (κ2) is 9.84. The summed E-state index contributed by atoms with van der Waals surface area (Å²) >= 11 is 12.6. The molecule has 4 aromatic rings. The summed E-state index contributed by atoms with van der Waals surface area (Å²) in [5.74, 6) is 0.402. The van der Waals surface area contributed by atoms with Crippen LogP contribution in [-0.4, -0.2) is 50.0 Å². The monoisotopic (exact) mass is 556 g/mol. The molecule has 0 aliphatic carbocycles. The van der Waals surface area contributed by atoms with Gasteiger partial charge in [-0.1, -0.05) is 40.5 Å². The number of benzene rings is 2. The van der Waals surface area contributed by atoms with Crippen LogP contribution in [0.25, 0.3) is 16.8 Å². The number of hydrogen-bond donors (Lipinski definition) is 0. The molecular formula is C29H22Cl2N6O2. The van der Waals surface area contributed by atoms with E-state index in [1.54, 1.807) is 49.8 Å². The average molecular weight is 557 g/mol. The Kier molecular flexibility index (Phi) is 6.34. The highest BCUT2D eigenvalue weighted by molar-refractivity contribution is 6.35. The number of nitrogens with zero attached hydrogens (tertiary/aromatic N) is 6. The molecule has 4 heterocycles. The van der Waals surface area contributed by atoms with Gasteiger partial charge in [-0.15, -0.1) is 5.10 Å². The third kappa shape index (κ3) is 4.34. The molecule has 8 nitrogen and oxygen atoms in total. The standard InChI is InChI=1S/C29H22Cl2N6O2/c1-39-27-26(21-9-22(30)11-23(31)10-21)28(38)36-16-24(37-17-25(34-35-37)20-3-2-8-33-15-20)13-29(27,36)12-18-4-6-19(14-32)7-5-18/h2-11,15,17,24H,12-13,16H2,1H3. The lowest BCUT2D eigenvalue weighted by Crippen LogP contribution is -2.45. The Morgan fingerprint density at radius 3 is 2.56 bits per heavy atom. The third-order valence-electron chi connectivity index (χ3n) is 7.37. The van der Waals surface area contributed by atoms with Gasteiger partial charge in [0.15, 0.2) is 0 Å². The first-order valence-electron chi connectivity index (χ1n) is 12.3. The van der Waals surface area contributed by atoms with E-state index in [9.17, 15) is 10.1 Å². The number of hydrogen-bond acceptors (Lipinski definition) is 6. The van der Waals surface area contributed by atoms with E-state index in [0.29, 0.717) is 57.6 Å². The second-order valence-electron chi connectivity index (χ2n) is 9.68. The van der Waals surface area contributed by atoms with Crippen LogP contribution < -0.4 is 0 Å². The fourth-order valence-electron chi connectivity index (χ4n) is 5.71. The first-order chi connectivity index (χ1) is 18.9. The zero-order chi connectivity index (χ0) is 27.1. The smallest absolute Gasteiger partial charge is 0.258 e. The molecule has 2 aliphatic rings. The molecule has 0 spiro atoms. The molecule has 194 valence electrons. The van der Waals surface area contributed by atoms with Crippen LogP contribution in [0.5, 0.6) is 0 Å². The van der Waals surface area contributed by atoms with E-state index in [2.05, 4.69) is 21.4 Å². The molecule has 2 aromatic carbocycles. The van der Waals surface area contributed by atoms with Crippen LogP contribution in [0.4, 0.5) is 0 Å². The number of carbonyl (C=O) groups is 1. The predicted molar refractivity (Wildman–Crippen MR) is 147 cm³/mol. The highest BCUT2D eigenvalue weighted by Crippen LogP contribution is 2.52. The normalized spacial score (nSPS) is 20.3. The van der Waals surface area contributed by atoms with Crippen LogP contribution in [0.3, 0.4) is 0 Å². The molecule has 2 aliphatic heterocycles. The lowest BCUT2D eigenvalue weighted by Gasteiger charge is -2.34. The average Bonchev–Trinajstić information content (AvgIpc) is 3.62. The number of ether oxygens (including phenoxy) is 1. The molecular weight excluding hydrogens is 535 g/mol. The molecule has 0 radical (unpaired) electrons. The number of fused-ring (bicyclic) bond motifs is 1. The van der Waals surface area contributed by atoms with E-state index < -0.39 is 5.54 Å². The number of halogens is 2. The Labute approximate surface area is 235 Å². The van der Waals surface area contributed by atoms with Crippen molar-refractivity contribution in [1.29, 1.82) is 5.26 Å². The van der Waals surface area contributed by atoms with E-state index in [0.717, 1.165) is 11.1 Å². The molecule has 1 saturated heterocycles. The van der Waals surface area contributed by atoms with Crippen LogP contribution in [-0.2, 0) is 16.0 Å². The third-order valence-corrected chi connectivity index (χ3v) is 7.81. The van der Waals surface area contributed by atoms with Crippen LogP contribution in [0, 0.1) is 11.3 Å². The molecule has 2 atom stereocenters. The first-order valence-corrected chi connectivity index (χ1v) is 13.1. The number of amides is 1. The zero-order valence-electron chi connectivity index (χ0n) is 20.9. The van der Waals surface area contributed by atoms with Crippen molar-refractivity contribution in [3.63, 3.8) is 0 Å². The molecule has 0 N–H and O–H groups in total. The summed E-state index contributed by atoms with van der Waals surface area (Å²) in [5.41, 5.74) is 3.39. The lowest BCUT2D eigenvalue weighted by atomic mass is 9.85. The Morgan fingerprint density at radius 2 is 1.90 bits per heavy atom. The van der Waals surface area contributed by atoms with Gasteiger partial charge in [-0.25, -0.2) is 4.68 Å². The fraction of sp³-hybridized carbons (Fsp3) is 0.207. The van der Waals surface area contributed by atoms with Crippen LogP contribution >= 0.6 is 23.2 Å². The summed E-state index contributed by atoms with van der Waals surface area (Å²) in [4.78, 5) is 20.1. The minimum atomic E-state index is -0.783. The predicted octanol–water partition coefficient (Wildman–Crippen LogP) is 5.34. The SMILES string of the molecule is COC1=C(c2cc(Cl)cc(Cl)c2)C(=O)N2CC(n3cc(-c4cccnc4)nn3)CC12Cc1ccc(C#N)cc1. The van der Waals surface area contributed by atoms with Gasteiger partial charge in [0.05, 0.1) is 36.6 Å². The van der Waals surface area contributed by atoms with Crippen molar-refractivity contribution >= 4 is 34.7 Å². The number of nitriles is 1. The van der Waals surface area contributed by atoms with Crippen molar-refractivity contribution in [3.8, 4) is 17.3 Å². The number of methoxy groups -OCH3 is 1. The van der Waals surface area contributed by atoms with Crippen LogP contribution in [0.15, 0.2) is 78.9 Å². The Hall–Kier alpha value is -4.19. The Bertz CT molecular complexity index is 1620. The second-order valence-corrected chi connectivity index (χ2v) is 10.6. The van der Waals surface area contributed by atoms with Crippen molar-refractivity contribution in [3.05, 3.63) is 106 Å². The van der Waals surface area contributed by atoms with E-state index in [1.807, 2.05) is 40.0 Å². The number of rotatable bonds is 6. The molecule has 2 unspecified atom stereocenters. The van der Waals surface area contributed by atoms with Gasteiger partial charge in [0.25, 0.3) is 5.91 Å².